The summed E-state index contributed by atoms with van der Waals surface area (Å²) in [6, 6.07) is 8.02. The number of amides is 1. The second kappa shape index (κ2) is 6.48. The predicted molar refractivity (Wildman–Crippen MR) is 97.5 cm³/mol. The van der Waals surface area contributed by atoms with Gasteiger partial charge in [-0.2, -0.15) is 10.2 Å². The number of piperidine rings is 1. The van der Waals surface area contributed by atoms with Gasteiger partial charge in [0, 0.05) is 24.7 Å². The Balaban J connectivity index is 1.59. The fraction of sp³-hybridized carbons (Fsp3) is 0.389. The maximum atomic E-state index is 13.1. The molecule has 7 heteroatoms. The van der Waals surface area contributed by atoms with Crippen molar-refractivity contribution in [2.75, 3.05) is 6.54 Å². The van der Waals surface area contributed by atoms with Crippen molar-refractivity contribution < 1.29 is 4.79 Å². The summed E-state index contributed by atoms with van der Waals surface area (Å²) >= 11 is 1.69. The van der Waals surface area contributed by atoms with Crippen LogP contribution in [0.2, 0.25) is 0 Å². The minimum Gasteiger partial charge on any atom is -0.329 e. The van der Waals surface area contributed by atoms with E-state index in [1.165, 1.54) is 4.88 Å². The topological polar surface area (TPSA) is 66.8 Å². The van der Waals surface area contributed by atoms with Gasteiger partial charge in [-0.25, -0.2) is 0 Å². The third-order valence-corrected chi connectivity index (χ3v) is 5.68. The number of aryl methyl sites for hydroxylation is 2. The van der Waals surface area contributed by atoms with Crippen molar-refractivity contribution in [3.05, 3.63) is 46.7 Å². The summed E-state index contributed by atoms with van der Waals surface area (Å²) in [5.41, 5.74) is 2.33. The SMILES string of the molecule is Cc1ccc(-c2cc(C(=O)N3CCCC[C@@H]3c3ccn(C)n3)n[nH]2)s1. The molecule has 1 N–H and O–H groups in total. The normalized spacial score (nSPS) is 17.8. The van der Waals surface area contributed by atoms with Gasteiger partial charge in [-0.05, 0) is 50.5 Å². The zero-order chi connectivity index (χ0) is 17.4. The Bertz CT molecular complexity index is 893. The minimum atomic E-state index is -0.0221. The fourth-order valence-corrected chi connectivity index (χ4v) is 4.21. The summed E-state index contributed by atoms with van der Waals surface area (Å²) < 4.78 is 1.79. The highest BCUT2D eigenvalue weighted by Crippen LogP contribution is 2.32. The maximum absolute atomic E-state index is 13.1. The lowest BCUT2D eigenvalue weighted by Crippen LogP contribution is -2.39. The van der Waals surface area contributed by atoms with Gasteiger partial charge in [-0.3, -0.25) is 14.6 Å². The monoisotopic (exact) mass is 355 g/mol. The summed E-state index contributed by atoms with van der Waals surface area (Å²) in [5, 5.41) is 11.8. The highest BCUT2D eigenvalue weighted by atomic mass is 32.1. The van der Waals surface area contributed by atoms with Gasteiger partial charge >= 0.3 is 0 Å². The molecule has 0 aromatic carbocycles. The van der Waals surface area contributed by atoms with Crippen molar-refractivity contribution in [2.24, 2.45) is 7.05 Å². The molecule has 4 heterocycles. The van der Waals surface area contributed by atoms with Gasteiger partial charge in [-0.1, -0.05) is 0 Å². The molecular weight excluding hydrogens is 334 g/mol. The number of thiophene rings is 1. The number of nitrogens with one attached hydrogen (secondary N) is 1. The van der Waals surface area contributed by atoms with Gasteiger partial charge in [-0.15, -0.1) is 11.3 Å². The molecule has 0 bridgehead atoms. The van der Waals surface area contributed by atoms with E-state index in [4.69, 9.17) is 0 Å². The molecule has 130 valence electrons. The average Bonchev–Trinajstić information content (AvgIpc) is 3.34. The van der Waals surface area contributed by atoms with E-state index < -0.39 is 0 Å². The molecule has 1 saturated heterocycles. The largest absolute Gasteiger partial charge is 0.329 e. The Morgan fingerprint density at radius 2 is 2.20 bits per heavy atom. The third kappa shape index (κ3) is 3.11. The smallest absolute Gasteiger partial charge is 0.274 e. The predicted octanol–water partition coefficient (Wildman–Crippen LogP) is 3.55. The molecule has 3 aromatic rings. The van der Waals surface area contributed by atoms with Crippen LogP contribution >= 0.6 is 11.3 Å². The van der Waals surface area contributed by atoms with Gasteiger partial charge in [0.2, 0.25) is 0 Å². The van der Waals surface area contributed by atoms with Crippen LogP contribution in [0.3, 0.4) is 0 Å². The Kier molecular flexibility index (Phi) is 4.17. The Hall–Kier alpha value is -2.41. The van der Waals surface area contributed by atoms with Crippen molar-refractivity contribution in [2.45, 2.75) is 32.2 Å². The lowest BCUT2D eigenvalue weighted by atomic mass is 9.99. The minimum absolute atomic E-state index is 0.0221. The zero-order valence-corrected chi connectivity index (χ0v) is 15.2. The van der Waals surface area contributed by atoms with E-state index in [1.807, 2.05) is 30.3 Å². The Morgan fingerprint density at radius 3 is 2.92 bits per heavy atom. The standard InChI is InChI=1S/C18H21N5OS/c1-12-6-7-17(25-12)14-11-15(20-19-14)18(24)23-9-4-3-5-16(23)13-8-10-22(2)21-13/h6-8,10-11,16H,3-5,9H2,1-2H3,(H,19,20)/t16-/m1/s1. The Labute approximate surface area is 150 Å². The average molecular weight is 355 g/mol. The first-order chi connectivity index (χ1) is 12.1. The summed E-state index contributed by atoms with van der Waals surface area (Å²) in [5.74, 6) is -0.0221. The van der Waals surface area contributed by atoms with E-state index in [-0.39, 0.29) is 11.9 Å². The van der Waals surface area contributed by atoms with Gasteiger partial charge in [0.25, 0.3) is 5.91 Å². The van der Waals surface area contributed by atoms with E-state index in [2.05, 4.69) is 34.4 Å². The Morgan fingerprint density at radius 1 is 1.32 bits per heavy atom. The van der Waals surface area contributed by atoms with Crippen LogP contribution in [0.1, 0.15) is 46.4 Å². The van der Waals surface area contributed by atoms with E-state index >= 15 is 0 Å². The number of aromatic nitrogens is 4. The molecule has 1 fully saturated rings. The van der Waals surface area contributed by atoms with Crippen LogP contribution in [0.15, 0.2) is 30.5 Å². The molecule has 0 radical (unpaired) electrons. The van der Waals surface area contributed by atoms with E-state index in [0.717, 1.165) is 42.1 Å². The molecule has 0 unspecified atom stereocenters. The third-order valence-electron chi connectivity index (χ3n) is 4.64. The second-order valence-corrected chi connectivity index (χ2v) is 7.79. The number of carbonyl (C=O) groups excluding carboxylic acids is 1. The quantitative estimate of drug-likeness (QED) is 0.781. The fourth-order valence-electron chi connectivity index (χ4n) is 3.38. The molecule has 0 aliphatic carbocycles. The van der Waals surface area contributed by atoms with E-state index in [9.17, 15) is 4.79 Å². The van der Waals surface area contributed by atoms with Crippen LogP contribution in [0.25, 0.3) is 10.6 Å². The molecule has 4 rings (SSSR count). The number of nitrogens with zero attached hydrogens (tertiary/aromatic N) is 4. The molecule has 1 aliphatic heterocycles. The summed E-state index contributed by atoms with van der Waals surface area (Å²) in [6.45, 7) is 2.82. The van der Waals surface area contributed by atoms with Crippen molar-refractivity contribution in [1.82, 2.24) is 24.9 Å². The molecular formula is C18H21N5OS. The first-order valence-corrected chi connectivity index (χ1v) is 9.36. The van der Waals surface area contributed by atoms with Crippen molar-refractivity contribution in [1.29, 1.82) is 0 Å². The first kappa shape index (κ1) is 16.1. The van der Waals surface area contributed by atoms with Crippen LogP contribution in [0.5, 0.6) is 0 Å². The van der Waals surface area contributed by atoms with Crippen molar-refractivity contribution in [3.8, 4) is 10.6 Å². The number of hydrogen-bond donors (Lipinski definition) is 1. The van der Waals surface area contributed by atoms with Gasteiger partial charge < -0.3 is 4.90 Å². The van der Waals surface area contributed by atoms with Crippen molar-refractivity contribution in [3.63, 3.8) is 0 Å². The number of likely N-dealkylation sites (tertiary alicyclic amines) is 1. The van der Waals surface area contributed by atoms with Crippen LogP contribution < -0.4 is 0 Å². The van der Waals surface area contributed by atoms with Crippen LogP contribution in [0, 0.1) is 6.92 Å². The number of hydrogen-bond acceptors (Lipinski definition) is 4. The van der Waals surface area contributed by atoms with Gasteiger partial charge in [0.1, 0.15) is 0 Å². The highest BCUT2D eigenvalue weighted by molar-refractivity contribution is 7.15. The van der Waals surface area contributed by atoms with Crippen molar-refractivity contribution >= 4 is 17.2 Å². The maximum Gasteiger partial charge on any atom is 0.274 e. The first-order valence-electron chi connectivity index (χ1n) is 8.54. The molecule has 6 nitrogen and oxygen atoms in total. The summed E-state index contributed by atoms with van der Waals surface area (Å²) in [7, 11) is 1.90. The number of H-pyrrole nitrogens is 1. The number of aromatic amines is 1. The van der Waals surface area contributed by atoms with Gasteiger partial charge in [0.05, 0.1) is 22.3 Å². The van der Waals surface area contributed by atoms with Gasteiger partial charge in [0.15, 0.2) is 5.69 Å². The molecule has 0 saturated carbocycles. The molecule has 3 aromatic heterocycles. The lowest BCUT2D eigenvalue weighted by Gasteiger charge is -2.34. The highest BCUT2D eigenvalue weighted by Gasteiger charge is 2.31. The van der Waals surface area contributed by atoms with Crippen LogP contribution in [-0.4, -0.2) is 37.3 Å². The summed E-state index contributed by atoms with van der Waals surface area (Å²) in [4.78, 5) is 17.3. The molecule has 0 spiro atoms. The van der Waals surface area contributed by atoms with E-state index in [1.54, 1.807) is 16.0 Å². The zero-order valence-electron chi connectivity index (χ0n) is 14.4. The molecule has 1 aliphatic rings. The number of carbonyl (C=O) groups is 1. The van der Waals surface area contributed by atoms with Crippen LogP contribution in [-0.2, 0) is 7.05 Å². The molecule has 1 amide bonds. The summed E-state index contributed by atoms with van der Waals surface area (Å²) in [6.07, 6.45) is 5.02. The molecule has 1 atom stereocenters. The molecule has 25 heavy (non-hydrogen) atoms. The number of rotatable bonds is 3. The lowest BCUT2D eigenvalue weighted by molar-refractivity contribution is 0.0599. The second-order valence-electron chi connectivity index (χ2n) is 6.50. The van der Waals surface area contributed by atoms with E-state index in [0.29, 0.717) is 5.69 Å². The van der Waals surface area contributed by atoms with Crippen LogP contribution in [0.4, 0.5) is 0 Å².